The van der Waals surface area contributed by atoms with Crippen LogP contribution in [0, 0.1) is 11.3 Å². The molecule has 0 amide bonds. The molecule has 0 aliphatic rings. The van der Waals surface area contributed by atoms with Crippen molar-refractivity contribution >= 4 is 28.0 Å². The minimum atomic E-state index is -0.396. The number of carbonyl (C=O) groups excluding carboxylic acids is 1. The van der Waals surface area contributed by atoms with Gasteiger partial charge in [-0.1, -0.05) is 0 Å². The Kier molecular flexibility index (Phi) is 2.46. The summed E-state index contributed by atoms with van der Waals surface area (Å²) in [5.74, 6) is 0.0599. The number of furan rings is 2. The average molecular weight is 256 g/mol. The molecule has 0 radical (unpaired) electrons. The quantitative estimate of drug-likeness (QED) is 0.654. The number of fused-ring (bicyclic) bond motifs is 3. The molecule has 3 rings (SSSR count). The van der Waals surface area contributed by atoms with E-state index in [-0.39, 0.29) is 12.3 Å². The van der Waals surface area contributed by atoms with Crippen molar-refractivity contribution in [2.24, 2.45) is 0 Å². The van der Waals surface area contributed by atoms with Crippen LogP contribution in [-0.4, -0.2) is 11.0 Å². The van der Waals surface area contributed by atoms with Crippen LogP contribution in [0.25, 0.3) is 22.1 Å². The molecule has 0 aliphatic carbocycles. The summed E-state index contributed by atoms with van der Waals surface area (Å²) in [6.45, 7) is 1.34. The van der Waals surface area contributed by atoms with Crippen molar-refractivity contribution in [1.29, 1.82) is 5.26 Å². The number of carbonyl (C=O) groups is 1. The number of pyridine rings is 1. The molecule has 0 atom stereocenters. The van der Waals surface area contributed by atoms with Gasteiger partial charge in [0.2, 0.25) is 5.71 Å². The molecule has 94 valence electrons. The maximum Gasteiger partial charge on any atom is 0.303 e. The molecule has 0 spiro atoms. The molecule has 3 aromatic heterocycles. The van der Waals surface area contributed by atoms with Gasteiger partial charge in [0.15, 0.2) is 5.69 Å². The highest BCUT2D eigenvalue weighted by Gasteiger charge is 2.15. The van der Waals surface area contributed by atoms with Crippen LogP contribution in [-0.2, 0) is 16.1 Å². The second kappa shape index (κ2) is 4.14. The summed E-state index contributed by atoms with van der Waals surface area (Å²) >= 11 is 0. The highest BCUT2D eigenvalue weighted by atomic mass is 16.5. The predicted molar refractivity (Wildman–Crippen MR) is 64.0 cm³/mol. The van der Waals surface area contributed by atoms with E-state index in [1.807, 2.05) is 6.07 Å². The van der Waals surface area contributed by atoms with Crippen LogP contribution in [0.15, 0.2) is 27.2 Å². The van der Waals surface area contributed by atoms with E-state index in [0.29, 0.717) is 27.8 Å². The van der Waals surface area contributed by atoms with Crippen molar-refractivity contribution < 1.29 is 18.4 Å². The first-order valence-electron chi connectivity index (χ1n) is 5.52. The normalized spacial score (nSPS) is 10.7. The lowest BCUT2D eigenvalue weighted by molar-refractivity contribution is -0.142. The summed E-state index contributed by atoms with van der Waals surface area (Å²) in [5.41, 5.74) is 1.07. The maximum atomic E-state index is 10.8. The Labute approximate surface area is 107 Å². The van der Waals surface area contributed by atoms with Gasteiger partial charge in [-0.2, -0.15) is 5.26 Å². The van der Waals surface area contributed by atoms with Crippen molar-refractivity contribution in [3.05, 3.63) is 29.9 Å². The number of ether oxygens (including phenoxy) is 1. The highest BCUT2D eigenvalue weighted by Crippen LogP contribution is 2.30. The van der Waals surface area contributed by atoms with Crippen LogP contribution in [0.2, 0.25) is 0 Å². The smallest absolute Gasteiger partial charge is 0.303 e. The second-order valence-electron chi connectivity index (χ2n) is 3.95. The van der Waals surface area contributed by atoms with Crippen LogP contribution in [0.3, 0.4) is 0 Å². The molecular formula is C13H8N2O4. The molecular weight excluding hydrogens is 248 g/mol. The number of hydrogen-bond donors (Lipinski definition) is 0. The maximum absolute atomic E-state index is 10.8. The Bertz CT molecular complexity index is 822. The van der Waals surface area contributed by atoms with Gasteiger partial charge in [-0.05, 0) is 12.1 Å². The van der Waals surface area contributed by atoms with Crippen LogP contribution in [0.5, 0.6) is 0 Å². The molecule has 0 aliphatic heterocycles. The third-order valence-electron chi connectivity index (χ3n) is 2.66. The van der Waals surface area contributed by atoms with Crippen LogP contribution in [0.1, 0.15) is 18.4 Å². The van der Waals surface area contributed by atoms with Crippen molar-refractivity contribution in [1.82, 2.24) is 4.98 Å². The van der Waals surface area contributed by atoms with Crippen molar-refractivity contribution in [2.45, 2.75) is 13.5 Å². The van der Waals surface area contributed by atoms with Crippen LogP contribution >= 0.6 is 0 Å². The molecule has 3 aromatic rings. The molecule has 0 saturated heterocycles. The SMILES string of the molecule is CC(=O)OCc1cc2c(C#N)nc3occc3c2o1. The van der Waals surface area contributed by atoms with Gasteiger partial charge in [-0.3, -0.25) is 4.79 Å². The number of nitriles is 1. The molecule has 6 nitrogen and oxygen atoms in total. The number of hydrogen-bond acceptors (Lipinski definition) is 6. The van der Waals surface area contributed by atoms with Gasteiger partial charge >= 0.3 is 5.97 Å². The van der Waals surface area contributed by atoms with Gasteiger partial charge in [-0.25, -0.2) is 4.98 Å². The average Bonchev–Trinajstić information content (AvgIpc) is 3.00. The summed E-state index contributed by atoms with van der Waals surface area (Å²) in [4.78, 5) is 14.9. The van der Waals surface area contributed by atoms with Crippen molar-refractivity contribution in [3.8, 4) is 6.07 Å². The monoisotopic (exact) mass is 256 g/mol. The lowest BCUT2D eigenvalue weighted by Crippen LogP contribution is -1.97. The first-order chi connectivity index (χ1) is 9.19. The third kappa shape index (κ3) is 1.81. The van der Waals surface area contributed by atoms with Gasteiger partial charge in [-0.15, -0.1) is 0 Å². The standard InChI is InChI=1S/C13H8N2O4/c1-7(16)18-6-8-4-10-11(5-14)15-13-9(2-3-17-13)12(10)19-8/h2-4H,6H2,1H3. The van der Waals surface area contributed by atoms with Crippen LogP contribution in [0.4, 0.5) is 0 Å². The van der Waals surface area contributed by atoms with Gasteiger partial charge < -0.3 is 13.6 Å². The Hall–Kier alpha value is -2.81. The molecule has 0 fully saturated rings. The van der Waals surface area contributed by atoms with Gasteiger partial charge in [0.05, 0.1) is 17.0 Å². The summed E-state index contributed by atoms with van der Waals surface area (Å²) in [7, 11) is 0. The van der Waals surface area contributed by atoms with E-state index in [9.17, 15) is 4.79 Å². The summed E-state index contributed by atoms with van der Waals surface area (Å²) in [5, 5.41) is 10.3. The molecule has 0 unspecified atom stereocenters. The van der Waals surface area contributed by atoms with E-state index in [2.05, 4.69) is 4.98 Å². The molecule has 0 N–H and O–H groups in total. The fourth-order valence-electron chi connectivity index (χ4n) is 1.87. The van der Waals surface area contributed by atoms with Crippen molar-refractivity contribution in [2.75, 3.05) is 0 Å². The number of aromatic nitrogens is 1. The second-order valence-corrected chi connectivity index (χ2v) is 3.95. The minimum absolute atomic E-state index is 0.0221. The third-order valence-corrected chi connectivity index (χ3v) is 2.66. The molecule has 6 heteroatoms. The van der Waals surface area contributed by atoms with E-state index in [4.69, 9.17) is 18.8 Å². The van der Waals surface area contributed by atoms with E-state index >= 15 is 0 Å². The number of esters is 1. The molecule has 19 heavy (non-hydrogen) atoms. The Morgan fingerprint density at radius 1 is 1.53 bits per heavy atom. The zero-order chi connectivity index (χ0) is 13.4. The Morgan fingerprint density at radius 2 is 2.37 bits per heavy atom. The minimum Gasteiger partial charge on any atom is -0.458 e. The molecule has 0 bridgehead atoms. The Balaban J connectivity index is 2.19. The lowest BCUT2D eigenvalue weighted by Gasteiger charge is -1.96. The van der Waals surface area contributed by atoms with Gasteiger partial charge in [0, 0.05) is 6.92 Å². The first-order valence-corrected chi connectivity index (χ1v) is 5.52. The van der Waals surface area contributed by atoms with E-state index in [0.717, 1.165) is 0 Å². The number of rotatable bonds is 2. The van der Waals surface area contributed by atoms with Crippen LogP contribution < -0.4 is 0 Å². The molecule has 0 aromatic carbocycles. The van der Waals surface area contributed by atoms with E-state index < -0.39 is 5.97 Å². The summed E-state index contributed by atoms with van der Waals surface area (Å²) < 4.78 is 15.6. The predicted octanol–water partition coefficient (Wildman–Crippen LogP) is 2.51. The fraction of sp³-hybridized carbons (Fsp3) is 0.154. The largest absolute Gasteiger partial charge is 0.458 e. The van der Waals surface area contributed by atoms with E-state index in [1.165, 1.54) is 13.2 Å². The summed E-state index contributed by atoms with van der Waals surface area (Å²) in [6.07, 6.45) is 1.48. The zero-order valence-electron chi connectivity index (χ0n) is 9.97. The topological polar surface area (TPSA) is 89.3 Å². The summed E-state index contributed by atoms with van der Waals surface area (Å²) in [6, 6.07) is 5.35. The molecule has 3 heterocycles. The first kappa shape index (κ1) is 11.3. The Morgan fingerprint density at radius 3 is 3.11 bits per heavy atom. The van der Waals surface area contributed by atoms with Gasteiger partial charge in [0.25, 0.3) is 0 Å². The van der Waals surface area contributed by atoms with E-state index in [1.54, 1.807) is 12.1 Å². The highest BCUT2D eigenvalue weighted by molar-refractivity contribution is 6.02. The molecule has 0 saturated carbocycles. The fourth-order valence-corrected chi connectivity index (χ4v) is 1.87. The number of nitrogens with zero attached hydrogens (tertiary/aromatic N) is 2. The van der Waals surface area contributed by atoms with Gasteiger partial charge in [0.1, 0.15) is 24.0 Å². The van der Waals surface area contributed by atoms with Crippen molar-refractivity contribution in [3.63, 3.8) is 0 Å². The lowest BCUT2D eigenvalue weighted by atomic mass is 10.2. The zero-order valence-corrected chi connectivity index (χ0v) is 9.97.